The summed E-state index contributed by atoms with van der Waals surface area (Å²) in [5, 5.41) is 4.09. The molecule has 2 aromatic rings. The van der Waals surface area contributed by atoms with Gasteiger partial charge in [0.15, 0.2) is 11.7 Å². The van der Waals surface area contributed by atoms with Crippen LogP contribution in [0.5, 0.6) is 0 Å². The molecule has 8 heteroatoms. The highest BCUT2D eigenvalue weighted by molar-refractivity contribution is 5.92. The van der Waals surface area contributed by atoms with E-state index >= 15 is 0 Å². The molecule has 8 nitrogen and oxygen atoms in total. The Labute approximate surface area is 150 Å². The molecule has 2 atom stereocenters. The molecule has 1 saturated heterocycles. The molecule has 0 radical (unpaired) electrons. The van der Waals surface area contributed by atoms with Gasteiger partial charge < -0.3 is 18.6 Å². The minimum atomic E-state index is -0.412. The van der Waals surface area contributed by atoms with Crippen LogP contribution in [0.1, 0.15) is 84.3 Å². The third-order valence-electron chi connectivity index (χ3n) is 5.34. The van der Waals surface area contributed by atoms with Crippen molar-refractivity contribution in [2.24, 2.45) is 0 Å². The number of aryl methyl sites for hydroxylation is 1. The fourth-order valence-electron chi connectivity index (χ4n) is 3.51. The van der Waals surface area contributed by atoms with Crippen molar-refractivity contribution < 1.29 is 18.5 Å². The summed E-state index contributed by atoms with van der Waals surface area (Å²) in [6.45, 7) is 4.66. The van der Waals surface area contributed by atoms with Gasteiger partial charge in [-0.05, 0) is 39.5 Å². The van der Waals surface area contributed by atoms with Crippen LogP contribution < -0.4 is 0 Å². The summed E-state index contributed by atoms with van der Waals surface area (Å²) in [5.41, 5.74) is 0.638. The zero-order valence-corrected chi connectivity index (χ0v) is 15.0. The first-order chi connectivity index (χ1) is 12.6. The van der Waals surface area contributed by atoms with Gasteiger partial charge in [-0.1, -0.05) is 5.16 Å². The summed E-state index contributed by atoms with van der Waals surface area (Å²) >= 11 is 0. The second kappa shape index (κ2) is 5.90. The molecule has 3 aliphatic rings. The maximum Gasteiger partial charge on any atom is 0.292 e. The topological polar surface area (TPSA) is 94.5 Å². The summed E-state index contributed by atoms with van der Waals surface area (Å²) in [7, 11) is 0. The van der Waals surface area contributed by atoms with Gasteiger partial charge in [-0.25, -0.2) is 4.98 Å². The molecule has 0 spiro atoms. The maximum absolute atomic E-state index is 13.2. The number of nitrogens with zero attached hydrogens (tertiary/aromatic N) is 4. The second-order valence-electron chi connectivity index (χ2n) is 7.53. The van der Waals surface area contributed by atoms with E-state index in [1.54, 1.807) is 4.90 Å². The number of morpholine rings is 1. The second-order valence-corrected chi connectivity index (χ2v) is 7.53. The quantitative estimate of drug-likeness (QED) is 0.829. The van der Waals surface area contributed by atoms with Gasteiger partial charge in [0, 0.05) is 18.4 Å². The molecule has 2 saturated carbocycles. The third-order valence-corrected chi connectivity index (χ3v) is 5.34. The van der Waals surface area contributed by atoms with E-state index < -0.39 is 6.04 Å². The van der Waals surface area contributed by atoms with Gasteiger partial charge in [-0.2, -0.15) is 4.98 Å². The Balaban J connectivity index is 1.45. The van der Waals surface area contributed by atoms with E-state index in [9.17, 15) is 4.79 Å². The lowest BCUT2D eigenvalue weighted by Gasteiger charge is -2.37. The third kappa shape index (κ3) is 2.72. The van der Waals surface area contributed by atoms with Crippen LogP contribution in [0, 0.1) is 6.92 Å². The lowest BCUT2D eigenvalue weighted by molar-refractivity contribution is -0.0609. The van der Waals surface area contributed by atoms with Crippen LogP contribution in [-0.2, 0) is 4.74 Å². The smallest absolute Gasteiger partial charge is 0.292 e. The van der Waals surface area contributed by atoms with E-state index in [0.717, 1.165) is 31.5 Å². The Kier molecular flexibility index (Phi) is 3.63. The molecule has 2 aliphatic carbocycles. The standard InChI is InChI=1S/C18H22N4O4/c1-9-14(25-16(19-9)12-5-6-12)18(23)22-7-8-24-10(2)13(22)17-20-15(21-26-17)11-3-4-11/h10-13H,3-8H2,1-2H3/t10-,13+/m1/s1. The molecule has 0 aromatic carbocycles. The number of carbonyl (C=O) groups is 1. The number of hydrogen-bond donors (Lipinski definition) is 0. The van der Waals surface area contributed by atoms with E-state index in [-0.39, 0.29) is 12.0 Å². The summed E-state index contributed by atoms with van der Waals surface area (Å²) in [5.74, 6) is 2.74. The fourth-order valence-corrected chi connectivity index (χ4v) is 3.51. The molecule has 1 aliphatic heterocycles. The van der Waals surface area contributed by atoms with Gasteiger partial charge in [-0.3, -0.25) is 4.79 Å². The number of ether oxygens (including phenoxy) is 1. The Bertz CT molecular complexity index is 836. The van der Waals surface area contributed by atoms with E-state index in [2.05, 4.69) is 15.1 Å². The van der Waals surface area contributed by atoms with E-state index in [4.69, 9.17) is 13.7 Å². The van der Waals surface area contributed by atoms with Crippen molar-refractivity contribution in [1.82, 2.24) is 20.0 Å². The summed E-state index contributed by atoms with van der Waals surface area (Å²) in [6.07, 6.45) is 4.12. The number of amides is 1. The number of carbonyl (C=O) groups excluding carboxylic acids is 1. The minimum absolute atomic E-state index is 0.187. The lowest BCUT2D eigenvalue weighted by Crippen LogP contribution is -2.47. The van der Waals surface area contributed by atoms with Gasteiger partial charge in [0.25, 0.3) is 11.8 Å². The number of aromatic nitrogens is 3. The van der Waals surface area contributed by atoms with Gasteiger partial charge in [-0.15, -0.1) is 0 Å². The first-order valence-electron chi connectivity index (χ1n) is 9.35. The highest BCUT2D eigenvalue weighted by atomic mass is 16.5. The van der Waals surface area contributed by atoms with Gasteiger partial charge in [0.2, 0.25) is 5.76 Å². The Hall–Kier alpha value is -2.22. The Morgan fingerprint density at radius 2 is 1.88 bits per heavy atom. The molecule has 3 fully saturated rings. The average molecular weight is 358 g/mol. The van der Waals surface area contributed by atoms with Crippen LogP contribution in [-0.4, -0.2) is 45.2 Å². The van der Waals surface area contributed by atoms with Crippen molar-refractivity contribution in [2.45, 2.75) is 63.5 Å². The first-order valence-corrected chi connectivity index (χ1v) is 9.35. The summed E-state index contributed by atoms with van der Waals surface area (Å²) < 4.78 is 17.1. The largest absolute Gasteiger partial charge is 0.435 e. The van der Waals surface area contributed by atoms with Crippen molar-refractivity contribution >= 4 is 5.91 Å². The van der Waals surface area contributed by atoms with Crippen LogP contribution in [0.3, 0.4) is 0 Å². The molecule has 0 bridgehead atoms. The predicted octanol–water partition coefficient (Wildman–Crippen LogP) is 2.72. The average Bonchev–Trinajstić information content (AvgIpc) is 3.56. The molecule has 138 valence electrons. The van der Waals surface area contributed by atoms with Crippen LogP contribution >= 0.6 is 0 Å². The number of hydrogen-bond acceptors (Lipinski definition) is 7. The SMILES string of the molecule is Cc1nc(C2CC2)oc1C(=O)N1CCO[C@H](C)[C@H]1c1nc(C2CC2)no1. The summed E-state index contributed by atoms with van der Waals surface area (Å²) in [6, 6.07) is -0.412. The molecular weight excluding hydrogens is 336 g/mol. The Morgan fingerprint density at radius 1 is 1.12 bits per heavy atom. The van der Waals surface area contributed by atoms with Gasteiger partial charge >= 0.3 is 0 Å². The molecule has 0 unspecified atom stereocenters. The van der Waals surface area contributed by atoms with Crippen molar-refractivity contribution in [3.05, 3.63) is 29.1 Å². The number of rotatable bonds is 4. The molecule has 0 N–H and O–H groups in total. The highest BCUT2D eigenvalue weighted by Crippen LogP contribution is 2.41. The molecule has 2 aromatic heterocycles. The normalized spacial score (nSPS) is 26.3. The maximum atomic E-state index is 13.2. The van der Waals surface area contributed by atoms with Gasteiger partial charge in [0.05, 0.1) is 18.4 Å². The molecule has 26 heavy (non-hydrogen) atoms. The fraction of sp³-hybridized carbons (Fsp3) is 0.667. The monoisotopic (exact) mass is 358 g/mol. The zero-order valence-electron chi connectivity index (χ0n) is 15.0. The summed E-state index contributed by atoms with van der Waals surface area (Å²) in [4.78, 5) is 23.9. The lowest BCUT2D eigenvalue weighted by atomic mass is 10.1. The Morgan fingerprint density at radius 3 is 2.62 bits per heavy atom. The molecular formula is C18H22N4O4. The van der Waals surface area contributed by atoms with Gasteiger partial charge in [0.1, 0.15) is 6.04 Å². The predicted molar refractivity (Wildman–Crippen MR) is 88.7 cm³/mol. The van der Waals surface area contributed by atoms with Crippen LogP contribution in [0.25, 0.3) is 0 Å². The van der Waals surface area contributed by atoms with Crippen molar-refractivity contribution in [1.29, 1.82) is 0 Å². The minimum Gasteiger partial charge on any atom is -0.435 e. The van der Waals surface area contributed by atoms with Crippen molar-refractivity contribution in [3.63, 3.8) is 0 Å². The molecule has 1 amide bonds. The van der Waals surface area contributed by atoms with E-state index in [0.29, 0.717) is 48.2 Å². The highest BCUT2D eigenvalue weighted by Gasteiger charge is 2.41. The van der Waals surface area contributed by atoms with Crippen LogP contribution in [0.2, 0.25) is 0 Å². The van der Waals surface area contributed by atoms with E-state index in [1.165, 1.54) is 0 Å². The van der Waals surface area contributed by atoms with Crippen molar-refractivity contribution in [3.8, 4) is 0 Å². The molecule has 5 rings (SSSR count). The van der Waals surface area contributed by atoms with Crippen molar-refractivity contribution in [2.75, 3.05) is 13.2 Å². The van der Waals surface area contributed by atoms with Crippen LogP contribution in [0.4, 0.5) is 0 Å². The van der Waals surface area contributed by atoms with E-state index in [1.807, 2.05) is 13.8 Å². The molecule has 3 heterocycles. The zero-order chi connectivity index (χ0) is 17.8. The van der Waals surface area contributed by atoms with Crippen LogP contribution in [0.15, 0.2) is 8.94 Å². The first kappa shape index (κ1) is 16.0. The number of oxazole rings is 1.